The third-order valence-electron chi connectivity index (χ3n) is 3.18. The normalized spacial score (nSPS) is 10.5. The molecule has 0 atom stereocenters. The summed E-state index contributed by atoms with van der Waals surface area (Å²) in [6.07, 6.45) is 4.07. The van der Waals surface area contributed by atoms with Gasteiger partial charge >= 0.3 is 0 Å². The third kappa shape index (κ3) is 2.94. The predicted molar refractivity (Wildman–Crippen MR) is 72.3 cm³/mol. The number of nitrogens with zero attached hydrogens (tertiary/aromatic N) is 1. The molecule has 1 aromatic heterocycles. The van der Waals surface area contributed by atoms with Crippen molar-refractivity contribution in [1.82, 2.24) is 4.98 Å². The van der Waals surface area contributed by atoms with Gasteiger partial charge in [0, 0.05) is 11.9 Å². The Hall–Kier alpha value is -1.63. The van der Waals surface area contributed by atoms with Gasteiger partial charge in [0.15, 0.2) is 0 Å². The van der Waals surface area contributed by atoms with E-state index in [2.05, 4.69) is 49.2 Å². The highest BCUT2D eigenvalue weighted by atomic mass is 14.7. The number of hydrogen-bond donors (Lipinski definition) is 0. The van der Waals surface area contributed by atoms with Crippen LogP contribution in [0.25, 0.3) is 0 Å². The highest BCUT2D eigenvalue weighted by molar-refractivity contribution is 5.32. The van der Waals surface area contributed by atoms with E-state index in [0.29, 0.717) is 0 Å². The molecule has 1 heteroatoms. The van der Waals surface area contributed by atoms with Crippen molar-refractivity contribution in [2.75, 3.05) is 0 Å². The standard InChI is InChI=1S/C16H19N/c1-4-14-5-7-15(8-6-14)10-16-9-13(3)17-11-12(16)2/h5-9,11H,4,10H2,1-3H3. The minimum Gasteiger partial charge on any atom is -0.261 e. The fraction of sp³-hybridized carbons (Fsp3) is 0.312. The lowest BCUT2D eigenvalue weighted by Gasteiger charge is -2.07. The van der Waals surface area contributed by atoms with E-state index in [1.807, 2.05) is 13.1 Å². The van der Waals surface area contributed by atoms with Crippen LogP contribution in [0.5, 0.6) is 0 Å². The Bertz CT molecular complexity index is 497. The van der Waals surface area contributed by atoms with Crippen molar-refractivity contribution in [3.63, 3.8) is 0 Å². The van der Waals surface area contributed by atoms with E-state index < -0.39 is 0 Å². The van der Waals surface area contributed by atoms with Crippen LogP contribution >= 0.6 is 0 Å². The molecule has 0 fully saturated rings. The summed E-state index contributed by atoms with van der Waals surface area (Å²) in [4.78, 5) is 4.31. The van der Waals surface area contributed by atoms with E-state index in [9.17, 15) is 0 Å². The predicted octanol–water partition coefficient (Wildman–Crippen LogP) is 3.85. The number of rotatable bonds is 3. The van der Waals surface area contributed by atoms with Crippen molar-refractivity contribution in [2.45, 2.75) is 33.6 Å². The van der Waals surface area contributed by atoms with Gasteiger partial charge in [-0.15, -0.1) is 0 Å². The Labute approximate surface area is 104 Å². The molecular weight excluding hydrogens is 206 g/mol. The summed E-state index contributed by atoms with van der Waals surface area (Å²) in [5.74, 6) is 0. The summed E-state index contributed by atoms with van der Waals surface area (Å²) in [7, 11) is 0. The maximum Gasteiger partial charge on any atom is 0.0375 e. The monoisotopic (exact) mass is 225 g/mol. The van der Waals surface area contributed by atoms with Crippen molar-refractivity contribution in [3.05, 3.63) is 64.5 Å². The quantitative estimate of drug-likeness (QED) is 0.773. The first-order valence-electron chi connectivity index (χ1n) is 6.19. The van der Waals surface area contributed by atoms with E-state index in [1.54, 1.807) is 0 Å². The molecule has 88 valence electrons. The molecule has 17 heavy (non-hydrogen) atoms. The first kappa shape index (κ1) is 11.8. The Morgan fingerprint density at radius 3 is 2.29 bits per heavy atom. The van der Waals surface area contributed by atoms with Crippen LogP contribution in [-0.2, 0) is 12.8 Å². The zero-order chi connectivity index (χ0) is 12.3. The van der Waals surface area contributed by atoms with E-state index in [0.717, 1.165) is 18.5 Å². The zero-order valence-corrected chi connectivity index (χ0v) is 10.8. The molecule has 2 aromatic rings. The van der Waals surface area contributed by atoms with Crippen LogP contribution < -0.4 is 0 Å². The van der Waals surface area contributed by atoms with E-state index in [1.165, 1.54) is 22.3 Å². The second kappa shape index (κ2) is 5.13. The highest BCUT2D eigenvalue weighted by Gasteiger charge is 2.01. The molecule has 0 aliphatic carbocycles. The molecule has 0 aliphatic rings. The van der Waals surface area contributed by atoms with Gasteiger partial charge in [0.2, 0.25) is 0 Å². The van der Waals surface area contributed by atoms with Crippen molar-refractivity contribution in [3.8, 4) is 0 Å². The Morgan fingerprint density at radius 2 is 1.65 bits per heavy atom. The van der Waals surface area contributed by atoms with Gasteiger partial charge in [0.05, 0.1) is 0 Å². The first-order valence-corrected chi connectivity index (χ1v) is 6.19. The van der Waals surface area contributed by atoms with Crippen LogP contribution in [0.4, 0.5) is 0 Å². The number of benzene rings is 1. The Kier molecular flexibility index (Phi) is 3.58. The minimum atomic E-state index is 0.999. The van der Waals surface area contributed by atoms with Gasteiger partial charge in [-0.05, 0) is 55.0 Å². The maximum atomic E-state index is 4.31. The molecule has 1 heterocycles. The molecule has 0 N–H and O–H groups in total. The van der Waals surface area contributed by atoms with Crippen molar-refractivity contribution >= 4 is 0 Å². The largest absolute Gasteiger partial charge is 0.261 e. The number of pyridine rings is 1. The average Bonchev–Trinajstić information content (AvgIpc) is 2.35. The second-order valence-electron chi connectivity index (χ2n) is 4.60. The first-order chi connectivity index (χ1) is 8.19. The van der Waals surface area contributed by atoms with Crippen LogP contribution in [-0.4, -0.2) is 4.98 Å². The van der Waals surface area contributed by atoms with Gasteiger partial charge in [-0.3, -0.25) is 4.98 Å². The molecule has 1 aromatic carbocycles. The lowest BCUT2D eigenvalue weighted by molar-refractivity contribution is 1.07. The third-order valence-corrected chi connectivity index (χ3v) is 3.18. The van der Waals surface area contributed by atoms with Crippen LogP contribution in [0.2, 0.25) is 0 Å². The van der Waals surface area contributed by atoms with Gasteiger partial charge in [-0.2, -0.15) is 0 Å². The van der Waals surface area contributed by atoms with Crippen LogP contribution in [0.15, 0.2) is 36.5 Å². The number of aromatic nitrogens is 1. The molecule has 0 spiro atoms. The smallest absolute Gasteiger partial charge is 0.0375 e. The maximum absolute atomic E-state index is 4.31. The Morgan fingerprint density at radius 1 is 1.00 bits per heavy atom. The van der Waals surface area contributed by atoms with E-state index in [-0.39, 0.29) is 0 Å². The molecule has 0 saturated carbocycles. The van der Waals surface area contributed by atoms with E-state index in [4.69, 9.17) is 0 Å². The molecule has 0 bridgehead atoms. The number of aryl methyl sites for hydroxylation is 3. The fourth-order valence-corrected chi connectivity index (χ4v) is 1.99. The van der Waals surface area contributed by atoms with Gasteiger partial charge < -0.3 is 0 Å². The molecule has 0 saturated heterocycles. The lowest BCUT2D eigenvalue weighted by atomic mass is 10.00. The summed E-state index contributed by atoms with van der Waals surface area (Å²) in [5, 5.41) is 0. The summed E-state index contributed by atoms with van der Waals surface area (Å²) in [5.41, 5.74) is 6.51. The van der Waals surface area contributed by atoms with Crippen LogP contribution in [0.3, 0.4) is 0 Å². The molecule has 1 nitrogen and oxygen atoms in total. The SMILES string of the molecule is CCc1ccc(Cc2cc(C)ncc2C)cc1. The molecular formula is C16H19N. The molecule has 0 unspecified atom stereocenters. The van der Waals surface area contributed by atoms with Crippen molar-refractivity contribution < 1.29 is 0 Å². The molecule has 0 radical (unpaired) electrons. The highest BCUT2D eigenvalue weighted by Crippen LogP contribution is 2.15. The van der Waals surface area contributed by atoms with E-state index >= 15 is 0 Å². The molecule has 0 aliphatic heterocycles. The fourth-order valence-electron chi connectivity index (χ4n) is 1.99. The second-order valence-corrected chi connectivity index (χ2v) is 4.60. The zero-order valence-electron chi connectivity index (χ0n) is 10.8. The lowest BCUT2D eigenvalue weighted by Crippen LogP contribution is -1.95. The summed E-state index contributed by atoms with van der Waals surface area (Å²) < 4.78 is 0. The van der Waals surface area contributed by atoms with Gasteiger partial charge in [-0.25, -0.2) is 0 Å². The van der Waals surface area contributed by atoms with Gasteiger partial charge in [-0.1, -0.05) is 31.2 Å². The van der Waals surface area contributed by atoms with Gasteiger partial charge in [0.1, 0.15) is 0 Å². The summed E-state index contributed by atoms with van der Waals surface area (Å²) in [6.45, 7) is 6.36. The van der Waals surface area contributed by atoms with Crippen LogP contribution in [0, 0.1) is 13.8 Å². The minimum absolute atomic E-state index is 0.999. The Balaban J connectivity index is 2.22. The summed E-state index contributed by atoms with van der Waals surface area (Å²) in [6, 6.07) is 11.1. The average molecular weight is 225 g/mol. The topological polar surface area (TPSA) is 12.9 Å². The van der Waals surface area contributed by atoms with Gasteiger partial charge in [0.25, 0.3) is 0 Å². The van der Waals surface area contributed by atoms with Crippen molar-refractivity contribution in [1.29, 1.82) is 0 Å². The van der Waals surface area contributed by atoms with Crippen molar-refractivity contribution in [2.24, 2.45) is 0 Å². The molecule has 2 rings (SSSR count). The van der Waals surface area contributed by atoms with Crippen LogP contribution in [0.1, 0.15) is 34.9 Å². The number of hydrogen-bond acceptors (Lipinski definition) is 1. The summed E-state index contributed by atoms with van der Waals surface area (Å²) >= 11 is 0. The molecule has 0 amide bonds.